The lowest BCUT2D eigenvalue weighted by molar-refractivity contribution is 0.192. The van der Waals surface area contributed by atoms with Gasteiger partial charge < -0.3 is 0 Å². The summed E-state index contributed by atoms with van der Waals surface area (Å²) >= 11 is 4.95. The summed E-state index contributed by atoms with van der Waals surface area (Å²) in [5, 5.41) is 0.265. The predicted molar refractivity (Wildman–Crippen MR) is 97.1 cm³/mol. The van der Waals surface area contributed by atoms with Crippen LogP contribution >= 0.6 is 12.6 Å². The van der Waals surface area contributed by atoms with E-state index in [1.165, 1.54) is 11.1 Å². The minimum absolute atomic E-state index is 0.0523. The van der Waals surface area contributed by atoms with Crippen molar-refractivity contribution in [1.29, 1.82) is 0 Å². The van der Waals surface area contributed by atoms with E-state index in [1.807, 2.05) is 19.1 Å². The van der Waals surface area contributed by atoms with E-state index < -0.39 is 0 Å². The highest BCUT2D eigenvalue weighted by Gasteiger charge is 2.46. The topological polar surface area (TPSA) is 0 Å². The number of rotatable bonds is 1. The molecule has 1 aromatic carbocycles. The molecule has 0 aliphatic heterocycles. The average Bonchev–Trinajstić information content (AvgIpc) is 2.48. The summed E-state index contributed by atoms with van der Waals surface area (Å²) in [4.78, 5) is 0. The van der Waals surface area contributed by atoms with Crippen molar-refractivity contribution in [2.45, 2.75) is 59.1 Å². The van der Waals surface area contributed by atoms with Gasteiger partial charge in [0, 0.05) is 11.2 Å². The van der Waals surface area contributed by atoms with Crippen LogP contribution in [-0.4, -0.2) is 5.25 Å². The normalized spacial score (nSPS) is 30.9. The maximum Gasteiger partial charge on any atom is 0.126 e. The molecule has 0 radical (unpaired) electrons. The van der Waals surface area contributed by atoms with Crippen molar-refractivity contribution in [3.05, 3.63) is 47.3 Å². The van der Waals surface area contributed by atoms with E-state index in [-0.39, 0.29) is 27.8 Å². The Hall–Kier alpha value is -0.760. The number of thiol groups is 1. The number of allylic oxidation sites excluding steroid dienone is 1. The second kappa shape index (κ2) is 5.70. The molecule has 3 atom stereocenters. The predicted octanol–water partition coefficient (Wildman–Crippen LogP) is 6.16. The van der Waals surface area contributed by atoms with Gasteiger partial charge in [-0.15, -0.1) is 0 Å². The molecular formula is C20H29FS. The highest BCUT2D eigenvalue weighted by molar-refractivity contribution is 7.81. The van der Waals surface area contributed by atoms with E-state index >= 15 is 0 Å². The van der Waals surface area contributed by atoms with E-state index in [9.17, 15) is 4.39 Å². The lowest BCUT2D eigenvalue weighted by Crippen LogP contribution is -2.35. The zero-order chi connectivity index (χ0) is 16.9. The summed E-state index contributed by atoms with van der Waals surface area (Å²) in [7, 11) is 0. The molecule has 3 unspecified atom stereocenters. The number of halogens is 1. The summed E-state index contributed by atoms with van der Waals surface area (Å²) < 4.78 is 13.6. The van der Waals surface area contributed by atoms with Gasteiger partial charge in [-0.05, 0) is 47.3 Å². The van der Waals surface area contributed by atoms with Crippen LogP contribution in [0, 0.1) is 29.5 Å². The molecule has 1 saturated carbocycles. The van der Waals surface area contributed by atoms with E-state index in [0.29, 0.717) is 11.5 Å². The molecular weight excluding hydrogens is 291 g/mol. The molecule has 0 spiro atoms. The summed E-state index contributed by atoms with van der Waals surface area (Å²) in [6.07, 6.45) is 1.03. The molecule has 0 N–H and O–H groups in total. The second-order valence-electron chi connectivity index (χ2n) is 8.23. The largest absolute Gasteiger partial charge is 0.207 e. The van der Waals surface area contributed by atoms with Gasteiger partial charge in [-0.25, -0.2) is 4.39 Å². The Morgan fingerprint density at radius 1 is 1.23 bits per heavy atom. The van der Waals surface area contributed by atoms with Crippen LogP contribution in [0.15, 0.2) is 30.4 Å². The molecule has 0 amide bonds. The van der Waals surface area contributed by atoms with E-state index in [0.717, 1.165) is 6.42 Å². The van der Waals surface area contributed by atoms with Gasteiger partial charge in [-0.3, -0.25) is 0 Å². The van der Waals surface area contributed by atoms with Crippen LogP contribution in [-0.2, 0) is 0 Å². The van der Waals surface area contributed by atoms with Crippen LogP contribution in [0.2, 0.25) is 0 Å². The first-order valence-corrected chi connectivity index (χ1v) is 8.63. The Bertz CT molecular complexity index is 585. The molecule has 1 aliphatic carbocycles. The zero-order valence-electron chi connectivity index (χ0n) is 14.7. The van der Waals surface area contributed by atoms with Gasteiger partial charge in [-0.1, -0.05) is 58.9 Å². The van der Waals surface area contributed by atoms with Crippen molar-refractivity contribution < 1.29 is 4.39 Å². The third kappa shape index (κ3) is 2.87. The number of aryl methyl sites for hydroxylation is 1. The van der Waals surface area contributed by atoms with Gasteiger partial charge in [0.1, 0.15) is 5.82 Å². The first-order valence-electron chi connectivity index (χ1n) is 8.12. The standard InChI is InChI=1S/C20H29FS/c1-12-10-15(8-9-17(12)21)16-11-19(4,5)14(3)18(22)20(6,7)13(16)2/h8-10,14,16,18,22H,2,11H2,1,3-7H3. The first kappa shape index (κ1) is 17.6. The first-order chi connectivity index (χ1) is 9.98. The van der Waals surface area contributed by atoms with Gasteiger partial charge in [-0.2, -0.15) is 12.6 Å². The Labute approximate surface area is 140 Å². The summed E-state index contributed by atoms with van der Waals surface area (Å²) in [6.45, 7) is 17.7. The minimum Gasteiger partial charge on any atom is -0.207 e. The van der Waals surface area contributed by atoms with Gasteiger partial charge in [0.15, 0.2) is 0 Å². The Kier molecular flexibility index (Phi) is 4.56. The van der Waals surface area contributed by atoms with Crippen molar-refractivity contribution in [2.75, 3.05) is 0 Å². The second-order valence-corrected chi connectivity index (χ2v) is 8.79. The summed E-state index contributed by atoms with van der Waals surface area (Å²) in [6, 6.07) is 5.50. The lowest BCUT2D eigenvalue weighted by Gasteiger charge is -2.39. The molecule has 22 heavy (non-hydrogen) atoms. The zero-order valence-corrected chi connectivity index (χ0v) is 15.6. The fourth-order valence-electron chi connectivity index (χ4n) is 3.73. The molecule has 0 aromatic heterocycles. The maximum atomic E-state index is 13.6. The monoisotopic (exact) mass is 320 g/mol. The Morgan fingerprint density at radius 3 is 2.36 bits per heavy atom. The molecule has 1 fully saturated rings. The lowest BCUT2D eigenvalue weighted by atomic mass is 9.72. The fraction of sp³-hybridized carbons (Fsp3) is 0.600. The fourth-order valence-corrected chi connectivity index (χ4v) is 4.30. The van der Waals surface area contributed by atoms with E-state index in [2.05, 4.69) is 41.2 Å². The van der Waals surface area contributed by atoms with Gasteiger partial charge in [0.05, 0.1) is 0 Å². The molecule has 0 nitrogen and oxygen atoms in total. The van der Waals surface area contributed by atoms with Crippen molar-refractivity contribution in [3.63, 3.8) is 0 Å². The number of benzene rings is 1. The minimum atomic E-state index is -0.137. The van der Waals surface area contributed by atoms with Gasteiger partial charge >= 0.3 is 0 Å². The smallest absolute Gasteiger partial charge is 0.126 e. The third-order valence-electron chi connectivity index (χ3n) is 6.01. The number of hydrogen-bond donors (Lipinski definition) is 1. The van der Waals surface area contributed by atoms with Crippen LogP contribution in [0.1, 0.15) is 58.1 Å². The molecule has 2 heteroatoms. The van der Waals surface area contributed by atoms with Crippen molar-refractivity contribution in [1.82, 2.24) is 0 Å². The highest BCUT2D eigenvalue weighted by Crippen LogP contribution is 2.55. The SMILES string of the molecule is C=C1C(c2ccc(F)c(C)c2)CC(C)(C)C(C)C(S)C1(C)C. The van der Waals surface area contributed by atoms with Crippen LogP contribution < -0.4 is 0 Å². The van der Waals surface area contributed by atoms with Crippen molar-refractivity contribution >= 4 is 12.6 Å². The molecule has 1 aromatic rings. The molecule has 0 saturated heterocycles. The van der Waals surface area contributed by atoms with Crippen LogP contribution in [0.3, 0.4) is 0 Å². The van der Waals surface area contributed by atoms with Crippen LogP contribution in [0.5, 0.6) is 0 Å². The van der Waals surface area contributed by atoms with Crippen molar-refractivity contribution in [2.24, 2.45) is 16.7 Å². The van der Waals surface area contributed by atoms with Gasteiger partial charge in [0.25, 0.3) is 0 Å². The van der Waals surface area contributed by atoms with Crippen LogP contribution in [0.4, 0.5) is 4.39 Å². The molecule has 2 rings (SSSR count). The molecule has 122 valence electrons. The summed E-state index contributed by atoms with van der Waals surface area (Å²) in [5.41, 5.74) is 3.22. The highest BCUT2D eigenvalue weighted by atomic mass is 32.1. The average molecular weight is 321 g/mol. The maximum absolute atomic E-state index is 13.6. The quantitative estimate of drug-likeness (QED) is 0.357. The molecule has 0 heterocycles. The van der Waals surface area contributed by atoms with E-state index in [1.54, 1.807) is 6.07 Å². The Balaban J connectivity index is 2.54. The third-order valence-corrected chi connectivity index (χ3v) is 7.10. The van der Waals surface area contributed by atoms with E-state index in [4.69, 9.17) is 12.6 Å². The number of hydrogen-bond acceptors (Lipinski definition) is 1. The van der Waals surface area contributed by atoms with Crippen LogP contribution in [0.25, 0.3) is 0 Å². The van der Waals surface area contributed by atoms with Crippen molar-refractivity contribution in [3.8, 4) is 0 Å². The van der Waals surface area contributed by atoms with Gasteiger partial charge in [0.2, 0.25) is 0 Å². The molecule has 1 aliphatic rings. The Morgan fingerprint density at radius 2 is 1.82 bits per heavy atom. The summed E-state index contributed by atoms with van der Waals surface area (Å²) in [5.74, 6) is 0.597. The molecule has 0 bridgehead atoms.